The van der Waals surface area contributed by atoms with E-state index < -0.39 is 17.7 Å². The fraction of sp³-hybridized carbons (Fsp3) is 0.474. The molecule has 0 aliphatic carbocycles. The number of likely N-dealkylation sites (tertiary alicyclic amines) is 1. The lowest BCUT2D eigenvalue weighted by atomic mass is 9.83. The van der Waals surface area contributed by atoms with E-state index in [0.29, 0.717) is 19.0 Å². The van der Waals surface area contributed by atoms with Crippen molar-refractivity contribution in [3.05, 3.63) is 48.0 Å². The number of halogens is 4. The van der Waals surface area contributed by atoms with Gasteiger partial charge in [-0.2, -0.15) is 18.3 Å². The Bertz CT molecular complexity index is 846. The van der Waals surface area contributed by atoms with E-state index in [0.717, 1.165) is 10.6 Å². The van der Waals surface area contributed by atoms with Crippen LogP contribution in [0.3, 0.4) is 0 Å². The van der Waals surface area contributed by atoms with Crippen LogP contribution in [0.2, 0.25) is 0 Å². The highest BCUT2D eigenvalue weighted by molar-refractivity contribution is 5.85. The number of hydrogen-bond donors (Lipinski definition) is 1. The number of aliphatic hydroxyl groups is 1. The van der Waals surface area contributed by atoms with Crippen molar-refractivity contribution in [2.45, 2.75) is 38.0 Å². The molecule has 28 heavy (non-hydrogen) atoms. The molecule has 3 rings (SSSR count). The molecule has 0 unspecified atom stereocenters. The zero-order valence-corrected chi connectivity index (χ0v) is 15.4. The van der Waals surface area contributed by atoms with Gasteiger partial charge in [0.1, 0.15) is 5.82 Å². The summed E-state index contributed by atoms with van der Waals surface area (Å²) >= 11 is 0. The molecule has 2 aromatic rings. The number of aromatic nitrogens is 2. The molecule has 1 fully saturated rings. The standard InChI is InChI=1S/C19H21F4N3O2/c1-12-11-25(17(27)18(2,28)19(21,22)23)10-8-15(12)16-7-9-24-26(16)14-5-3-13(20)4-6-14/h3-7,9,12,15,28H,8,10-11H2,1-2H3/t12-,15+,18-/m1/s1. The molecule has 5 nitrogen and oxygen atoms in total. The van der Waals surface area contributed by atoms with Crippen molar-refractivity contribution in [2.24, 2.45) is 5.92 Å². The predicted octanol–water partition coefficient (Wildman–Crippen LogP) is 3.28. The Kier molecular flexibility index (Phi) is 5.22. The van der Waals surface area contributed by atoms with Crippen molar-refractivity contribution in [2.75, 3.05) is 13.1 Å². The lowest BCUT2D eigenvalue weighted by Crippen LogP contribution is -2.58. The van der Waals surface area contributed by atoms with Gasteiger partial charge in [-0.15, -0.1) is 0 Å². The zero-order valence-electron chi connectivity index (χ0n) is 15.4. The van der Waals surface area contributed by atoms with Gasteiger partial charge in [0, 0.05) is 30.9 Å². The quantitative estimate of drug-likeness (QED) is 0.806. The SMILES string of the molecule is C[C@@H]1CN(C(=O)[C@@](C)(O)C(F)(F)F)CC[C@@H]1c1ccnn1-c1ccc(F)cc1. The summed E-state index contributed by atoms with van der Waals surface area (Å²) in [6.45, 7) is 2.50. The molecule has 1 saturated heterocycles. The molecule has 1 amide bonds. The Hall–Kier alpha value is -2.42. The number of amides is 1. The predicted molar refractivity (Wildman–Crippen MR) is 93.3 cm³/mol. The normalized spacial score (nSPS) is 22.8. The maximum absolute atomic E-state index is 13.2. The highest BCUT2D eigenvalue weighted by Crippen LogP contribution is 2.37. The lowest BCUT2D eigenvalue weighted by molar-refractivity contribution is -0.250. The summed E-state index contributed by atoms with van der Waals surface area (Å²) in [7, 11) is 0. The molecule has 0 saturated carbocycles. The maximum Gasteiger partial charge on any atom is 0.426 e. The third-order valence-corrected chi connectivity index (χ3v) is 5.28. The molecule has 1 aromatic heterocycles. The highest BCUT2D eigenvalue weighted by atomic mass is 19.4. The molecule has 0 bridgehead atoms. The van der Waals surface area contributed by atoms with Gasteiger partial charge in [-0.3, -0.25) is 4.79 Å². The van der Waals surface area contributed by atoms with Crippen LogP contribution < -0.4 is 0 Å². The third kappa shape index (κ3) is 3.63. The first-order valence-corrected chi connectivity index (χ1v) is 8.90. The Morgan fingerprint density at radius 1 is 1.21 bits per heavy atom. The Morgan fingerprint density at radius 2 is 1.86 bits per heavy atom. The summed E-state index contributed by atoms with van der Waals surface area (Å²) in [5.74, 6) is -1.91. The first kappa shape index (κ1) is 20.3. The summed E-state index contributed by atoms with van der Waals surface area (Å²) < 4.78 is 53.8. The smallest absolute Gasteiger partial charge is 0.373 e. The van der Waals surface area contributed by atoms with Crippen molar-refractivity contribution < 1.29 is 27.5 Å². The number of hydrogen-bond acceptors (Lipinski definition) is 3. The highest BCUT2D eigenvalue weighted by Gasteiger charge is 2.57. The van der Waals surface area contributed by atoms with E-state index >= 15 is 0 Å². The van der Waals surface area contributed by atoms with Crippen LogP contribution in [0.25, 0.3) is 5.69 Å². The zero-order chi connectivity index (χ0) is 20.7. The molecular formula is C19H21F4N3O2. The van der Waals surface area contributed by atoms with Gasteiger partial charge in [-0.1, -0.05) is 6.92 Å². The number of rotatable bonds is 3. The molecule has 2 heterocycles. The molecule has 1 aliphatic heterocycles. The minimum absolute atomic E-state index is 0.0487. The summed E-state index contributed by atoms with van der Waals surface area (Å²) in [6, 6.07) is 7.65. The largest absolute Gasteiger partial charge is 0.426 e. The summed E-state index contributed by atoms with van der Waals surface area (Å²) in [4.78, 5) is 13.3. The van der Waals surface area contributed by atoms with Crippen LogP contribution in [0.15, 0.2) is 36.5 Å². The van der Waals surface area contributed by atoms with Crippen LogP contribution in [-0.2, 0) is 4.79 Å². The second-order valence-corrected chi connectivity index (χ2v) is 7.34. The van der Waals surface area contributed by atoms with Gasteiger partial charge >= 0.3 is 6.18 Å². The summed E-state index contributed by atoms with van der Waals surface area (Å²) in [5, 5.41) is 13.9. The maximum atomic E-state index is 13.2. The van der Waals surface area contributed by atoms with Crippen LogP contribution in [0.5, 0.6) is 0 Å². The monoisotopic (exact) mass is 399 g/mol. The Balaban J connectivity index is 1.78. The summed E-state index contributed by atoms with van der Waals surface area (Å²) in [6.07, 6.45) is -3.00. The fourth-order valence-electron chi connectivity index (χ4n) is 3.59. The van der Waals surface area contributed by atoms with Crippen molar-refractivity contribution in [1.82, 2.24) is 14.7 Å². The van der Waals surface area contributed by atoms with Gasteiger partial charge in [0.2, 0.25) is 5.60 Å². The van der Waals surface area contributed by atoms with E-state index in [9.17, 15) is 27.5 Å². The molecule has 152 valence electrons. The van der Waals surface area contributed by atoms with Gasteiger partial charge in [-0.05, 0) is 49.6 Å². The first-order valence-electron chi connectivity index (χ1n) is 8.90. The molecule has 0 radical (unpaired) electrons. The number of carbonyl (C=O) groups excluding carboxylic acids is 1. The molecule has 1 N–H and O–H groups in total. The van der Waals surface area contributed by atoms with Crippen molar-refractivity contribution >= 4 is 5.91 Å². The second kappa shape index (κ2) is 7.20. The average Bonchev–Trinajstić information content (AvgIpc) is 3.10. The van der Waals surface area contributed by atoms with E-state index in [2.05, 4.69) is 5.10 Å². The fourth-order valence-corrected chi connectivity index (χ4v) is 3.59. The van der Waals surface area contributed by atoms with Gasteiger partial charge in [0.15, 0.2) is 0 Å². The van der Waals surface area contributed by atoms with Crippen molar-refractivity contribution in [3.8, 4) is 5.69 Å². The minimum atomic E-state index is -5.04. The van der Waals surface area contributed by atoms with Gasteiger partial charge in [-0.25, -0.2) is 9.07 Å². The number of nitrogens with zero attached hydrogens (tertiary/aromatic N) is 3. The van der Waals surface area contributed by atoms with Crippen molar-refractivity contribution in [3.63, 3.8) is 0 Å². The van der Waals surface area contributed by atoms with Crippen LogP contribution >= 0.6 is 0 Å². The third-order valence-electron chi connectivity index (χ3n) is 5.28. The Labute approximate surface area is 159 Å². The number of benzene rings is 1. The summed E-state index contributed by atoms with van der Waals surface area (Å²) in [5.41, 5.74) is -1.89. The van der Waals surface area contributed by atoms with Crippen LogP contribution in [-0.4, -0.2) is 50.6 Å². The van der Waals surface area contributed by atoms with E-state index in [1.165, 1.54) is 12.1 Å². The van der Waals surface area contributed by atoms with Crippen LogP contribution in [0.1, 0.15) is 31.9 Å². The molecule has 0 spiro atoms. The van der Waals surface area contributed by atoms with Crippen LogP contribution in [0, 0.1) is 11.7 Å². The van der Waals surface area contributed by atoms with E-state index in [1.807, 2.05) is 13.0 Å². The topological polar surface area (TPSA) is 58.4 Å². The van der Waals surface area contributed by atoms with Crippen LogP contribution in [0.4, 0.5) is 17.6 Å². The molecule has 1 aliphatic rings. The second-order valence-electron chi connectivity index (χ2n) is 7.34. The Morgan fingerprint density at radius 3 is 2.43 bits per heavy atom. The van der Waals surface area contributed by atoms with Crippen molar-refractivity contribution in [1.29, 1.82) is 0 Å². The first-order chi connectivity index (χ1) is 13.0. The van der Waals surface area contributed by atoms with E-state index in [-0.39, 0.29) is 30.7 Å². The molecular weight excluding hydrogens is 378 g/mol. The van der Waals surface area contributed by atoms with Gasteiger partial charge < -0.3 is 10.0 Å². The van der Waals surface area contributed by atoms with E-state index in [4.69, 9.17) is 0 Å². The molecule has 1 aromatic carbocycles. The van der Waals surface area contributed by atoms with E-state index in [1.54, 1.807) is 23.0 Å². The lowest BCUT2D eigenvalue weighted by Gasteiger charge is -2.40. The number of piperidine rings is 1. The van der Waals surface area contributed by atoms with Gasteiger partial charge in [0.05, 0.1) is 5.69 Å². The molecule has 3 atom stereocenters. The minimum Gasteiger partial charge on any atom is -0.373 e. The molecule has 9 heteroatoms. The van der Waals surface area contributed by atoms with Gasteiger partial charge in [0.25, 0.3) is 5.91 Å². The number of alkyl halides is 3. The average molecular weight is 399 g/mol. The number of carbonyl (C=O) groups is 1.